The van der Waals surface area contributed by atoms with E-state index in [4.69, 9.17) is 10.5 Å². The second kappa shape index (κ2) is 20.5. The number of carbonyl (C=O) groups is 3. The first-order valence-corrected chi connectivity index (χ1v) is 11.9. The Morgan fingerprint density at radius 3 is 1.82 bits per heavy atom. The third-order valence-electron chi connectivity index (χ3n) is 5.09. The van der Waals surface area contributed by atoms with E-state index in [2.05, 4.69) is 17.6 Å². The summed E-state index contributed by atoms with van der Waals surface area (Å²) in [6.07, 6.45) is 9.31. The van der Waals surface area contributed by atoms with Gasteiger partial charge in [-0.2, -0.15) is 0 Å². The van der Waals surface area contributed by atoms with Crippen LogP contribution in [-0.2, 0) is 14.4 Å². The first kappa shape index (κ1) is 30.9. The van der Waals surface area contributed by atoms with Gasteiger partial charge < -0.3 is 21.1 Å². The van der Waals surface area contributed by atoms with Crippen molar-refractivity contribution in [2.24, 2.45) is 5.73 Å². The van der Waals surface area contributed by atoms with Gasteiger partial charge in [-0.1, -0.05) is 37.5 Å². The van der Waals surface area contributed by atoms with E-state index in [0.717, 1.165) is 57.8 Å². The molecule has 0 saturated carbocycles. The minimum Gasteiger partial charge on any atom is -0.426 e. The average molecular weight is 483 g/mol. The normalized spacial score (nSPS) is 10.2. The van der Waals surface area contributed by atoms with Crippen molar-refractivity contribution < 1.29 is 19.1 Å². The van der Waals surface area contributed by atoms with Gasteiger partial charge in [0.05, 0.1) is 0 Å². The molecule has 2 amide bonds. The second-order valence-corrected chi connectivity index (χ2v) is 8.00. The fourth-order valence-corrected chi connectivity index (χ4v) is 3.17. The quantitative estimate of drug-likeness (QED) is 0.166. The molecule has 0 aliphatic heterocycles. The second-order valence-electron chi connectivity index (χ2n) is 8.00. The topological polar surface area (TPSA) is 111 Å². The maximum Gasteiger partial charge on any atom is 0.311 e. The van der Waals surface area contributed by atoms with Gasteiger partial charge in [-0.15, -0.1) is 12.4 Å². The molecule has 0 bridgehead atoms. The third kappa shape index (κ3) is 17.1. The first-order valence-electron chi connectivity index (χ1n) is 11.9. The summed E-state index contributed by atoms with van der Waals surface area (Å²) in [5, 5.41) is 5.84. The highest BCUT2D eigenvalue weighted by atomic mass is 35.5. The zero-order valence-electron chi connectivity index (χ0n) is 19.7. The van der Waals surface area contributed by atoms with Crippen LogP contribution < -0.4 is 21.1 Å². The predicted octanol–water partition coefficient (Wildman–Crippen LogP) is 4.07. The maximum atomic E-state index is 11.9. The van der Waals surface area contributed by atoms with Gasteiger partial charge in [0, 0.05) is 32.4 Å². The molecule has 8 heteroatoms. The Kier molecular flexibility index (Phi) is 19.2. The zero-order chi connectivity index (χ0) is 23.4. The lowest BCUT2D eigenvalue weighted by atomic mass is 10.1. The number of halogens is 1. The number of carbonyl (C=O) groups excluding carboxylic acids is 3. The molecule has 0 fully saturated rings. The molecule has 4 N–H and O–H groups in total. The third-order valence-corrected chi connectivity index (χ3v) is 5.09. The SMILES string of the molecule is Cl.[CH2]c1ccccc1OC(=O)CCCCCNC(=O)CCCCCNC(=O)CCCCCN. The van der Waals surface area contributed by atoms with E-state index in [-0.39, 0.29) is 30.2 Å². The van der Waals surface area contributed by atoms with Crippen molar-refractivity contribution in [1.82, 2.24) is 10.6 Å². The van der Waals surface area contributed by atoms with Crippen molar-refractivity contribution in [2.75, 3.05) is 19.6 Å². The molecule has 0 aliphatic rings. The lowest BCUT2D eigenvalue weighted by molar-refractivity contribution is -0.134. The first-order chi connectivity index (χ1) is 15.5. The number of nitrogens with one attached hydrogen (secondary N) is 2. The molecule has 1 aromatic rings. The molecule has 33 heavy (non-hydrogen) atoms. The number of unbranched alkanes of at least 4 members (excludes halogenated alkanes) is 6. The Hall–Kier alpha value is -2.12. The van der Waals surface area contributed by atoms with E-state index < -0.39 is 0 Å². The zero-order valence-corrected chi connectivity index (χ0v) is 20.6. The Labute approximate surface area is 205 Å². The van der Waals surface area contributed by atoms with Gasteiger partial charge in [0.1, 0.15) is 5.75 Å². The molecule has 1 radical (unpaired) electrons. The summed E-state index contributed by atoms with van der Waals surface area (Å²) in [4.78, 5) is 35.4. The van der Waals surface area contributed by atoms with Crippen molar-refractivity contribution in [2.45, 2.75) is 77.0 Å². The van der Waals surface area contributed by atoms with Gasteiger partial charge in [0.2, 0.25) is 11.8 Å². The summed E-state index contributed by atoms with van der Waals surface area (Å²) >= 11 is 0. The highest BCUT2D eigenvalue weighted by molar-refractivity contribution is 5.85. The molecule has 1 rings (SSSR count). The summed E-state index contributed by atoms with van der Waals surface area (Å²) in [5.41, 5.74) is 6.13. The molecule has 7 nitrogen and oxygen atoms in total. The van der Waals surface area contributed by atoms with Crippen molar-refractivity contribution in [3.8, 4) is 5.75 Å². The van der Waals surface area contributed by atoms with Crippen LogP contribution in [0.25, 0.3) is 0 Å². The van der Waals surface area contributed by atoms with E-state index >= 15 is 0 Å². The fraction of sp³-hybridized carbons (Fsp3) is 0.600. The van der Waals surface area contributed by atoms with Crippen molar-refractivity contribution in [1.29, 1.82) is 0 Å². The summed E-state index contributed by atoms with van der Waals surface area (Å²) in [5.74, 6) is 0.402. The fourth-order valence-electron chi connectivity index (χ4n) is 3.17. The van der Waals surface area contributed by atoms with Gasteiger partial charge in [-0.25, -0.2) is 0 Å². The Balaban J connectivity index is 0.0000102. The Morgan fingerprint density at radius 1 is 0.758 bits per heavy atom. The molecule has 0 spiro atoms. The van der Waals surface area contributed by atoms with E-state index in [1.165, 1.54) is 0 Å². The molecule has 0 unspecified atom stereocenters. The number of para-hydroxylation sites is 1. The smallest absolute Gasteiger partial charge is 0.311 e. The van der Waals surface area contributed by atoms with Crippen LogP contribution in [0.2, 0.25) is 0 Å². The van der Waals surface area contributed by atoms with Crippen molar-refractivity contribution in [3.63, 3.8) is 0 Å². The summed E-state index contributed by atoms with van der Waals surface area (Å²) in [6.45, 7) is 5.80. The Morgan fingerprint density at radius 2 is 1.27 bits per heavy atom. The molecule has 1 aromatic carbocycles. The molecule has 187 valence electrons. The van der Waals surface area contributed by atoms with Crippen LogP contribution in [0, 0.1) is 6.92 Å². The lowest BCUT2D eigenvalue weighted by Gasteiger charge is -2.07. The number of ether oxygens (including phenoxy) is 1. The molecular formula is C25H41ClN3O4. The van der Waals surface area contributed by atoms with Crippen LogP contribution in [0.15, 0.2) is 24.3 Å². The van der Waals surface area contributed by atoms with Crippen molar-refractivity contribution in [3.05, 3.63) is 36.8 Å². The number of hydrogen-bond donors (Lipinski definition) is 3. The molecule has 0 heterocycles. The molecule has 0 saturated heterocycles. The standard InChI is InChI=1S/C25H40N3O4.ClH/c1-21-13-8-9-14-22(21)32-25(31)17-7-4-12-20-28-24(30)16-6-3-11-19-27-23(29)15-5-2-10-18-26;/h8-9,13-14H,1-7,10-12,15-20,26H2,(H,27,29)(H,28,30);1H. The average Bonchev–Trinajstić information content (AvgIpc) is 2.77. The molecule has 0 atom stereocenters. The predicted molar refractivity (Wildman–Crippen MR) is 134 cm³/mol. The minimum atomic E-state index is -0.257. The van der Waals surface area contributed by atoms with Gasteiger partial charge in [0.25, 0.3) is 0 Å². The maximum absolute atomic E-state index is 11.9. The van der Waals surface area contributed by atoms with E-state index in [1.807, 2.05) is 12.1 Å². The Bertz CT molecular complexity index is 685. The summed E-state index contributed by atoms with van der Waals surface area (Å²) in [6, 6.07) is 7.20. The largest absolute Gasteiger partial charge is 0.426 e. The van der Waals surface area contributed by atoms with Crippen LogP contribution in [0.1, 0.15) is 82.6 Å². The van der Waals surface area contributed by atoms with E-state index in [1.54, 1.807) is 12.1 Å². The van der Waals surface area contributed by atoms with Crippen LogP contribution in [0.3, 0.4) is 0 Å². The van der Waals surface area contributed by atoms with Crippen LogP contribution in [0.5, 0.6) is 5.75 Å². The number of nitrogens with two attached hydrogens (primary N) is 1. The van der Waals surface area contributed by atoms with Crippen molar-refractivity contribution >= 4 is 30.2 Å². The van der Waals surface area contributed by atoms with Gasteiger partial charge in [-0.05, 0) is 63.6 Å². The van der Waals surface area contributed by atoms with Gasteiger partial charge in [-0.3, -0.25) is 14.4 Å². The van der Waals surface area contributed by atoms with Crippen LogP contribution in [0.4, 0.5) is 0 Å². The molecule has 0 aliphatic carbocycles. The van der Waals surface area contributed by atoms with Gasteiger partial charge >= 0.3 is 5.97 Å². The number of amides is 2. The van der Waals surface area contributed by atoms with Gasteiger partial charge in [0.15, 0.2) is 0 Å². The highest BCUT2D eigenvalue weighted by Crippen LogP contribution is 2.17. The highest BCUT2D eigenvalue weighted by Gasteiger charge is 2.07. The minimum absolute atomic E-state index is 0. The summed E-state index contributed by atoms with van der Waals surface area (Å²) < 4.78 is 5.30. The number of esters is 1. The number of benzene rings is 1. The number of hydrogen-bond acceptors (Lipinski definition) is 5. The van der Waals surface area contributed by atoms with Crippen LogP contribution >= 0.6 is 12.4 Å². The molecule has 0 aromatic heterocycles. The summed E-state index contributed by atoms with van der Waals surface area (Å²) in [7, 11) is 0. The monoisotopic (exact) mass is 482 g/mol. The molecular weight excluding hydrogens is 442 g/mol. The van der Waals surface area contributed by atoms with Crippen LogP contribution in [-0.4, -0.2) is 37.4 Å². The lowest BCUT2D eigenvalue weighted by Crippen LogP contribution is -2.25. The van der Waals surface area contributed by atoms with E-state index in [9.17, 15) is 14.4 Å². The van der Waals surface area contributed by atoms with E-state index in [0.29, 0.717) is 50.2 Å². The number of rotatable bonds is 18.